The van der Waals surface area contributed by atoms with Crippen molar-refractivity contribution in [2.24, 2.45) is 5.73 Å². The highest BCUT2D eigenvalue weighted by Crippen LogP contribution is 2.19. The lowest BCUT2D eigenvalue weighted by Crippen LogP contribution is -2.24. The van der Waals surface area contributed by atoms with E-state index in [2.05, 4.69) is 5.10 Å². The molecule has 5 heteroatoms. The van der Waals surface area contributed by atoms with Crippen molar-refractivity contribution >= 4 is 5.97 Å². The van der Waals surface area contributed by atoms with Crippen molar-refractivity contribution in [1.29, 1.82) is 0 Å². The molecule has 0 saturated carbocycles. The summed E-state index contributed by atoms with van der Waals surface area (Å²) in [5.41, 5.74) is 7.73. The summed E-state index contributed by atoms with van der Waals surface area (Å²) < 4.78 is 1.56. The third kappa shape index (κ3) is 2.05. The first kappa shape index (κ1) is 11.3. The predicted molar refractivity (Wildman–Crippen MR) is 62.9 cm³/mol. The van der Waals surface area contributed by atoms with Gasteiger partial charge in [-0.3, -0.25) is 4.79 Å². The van der Waals surface area contributed by atoms with Crippen molar-refractivity contribution in [2.45, 2.75) is 13.0 Å². The molecule has 0 spiro atoms. The SMILES string of the molecule is Cc1cnn(-c2ccccc2)c1C(N)C(=O)O. The van der Waals surface area contributed by atoms with Gasteiger partial charge in [-0.2, -0.15) is 5.10 Å². The van der Waals surface area contributed by atoms with Crippen molar-refractivity contribution in [3.8, 4) is 5.69 Å². The quantitative estimate of drug-likeness (QED) is 0.833. The molecule has 0 saturated heterocycles. The van der Waals surface area contributed by atoms with Gasteiger partial charge < -0.3 is 10.8 Å². The summed E-state index contributed by atoms with van der Waals surface area (Å²) in [6.07, 6.45) is 1.62. The van der Waals surface area contributed by atoms with Crippen LogP contribution >= 0.6 is 0 Å². The Hall–Kier alpha value is -2.14. The van der Waals surface area contributed by atoms with Crippen LogP contribution in [0.15, 0.2) is 36.5 Å². The van der Waals surface area contributed by atoms with Gasteiger partial charge in [0.15, 0.2) is 0 Å². The number of hydrogen-bond donors (Lipinski definition) is 2. The Morgan fingerprint density at radius 3 is 2.65 bits per heavy atom. The molecule has 2 rings (SSSR count). The molecule has 0 aliphatic carbocycles. The minimum absolute atomic E-state index is 0.503. The van der Waals surface area contributed by atoms with Crippen LogP contribution in [-0.2, 0) is 4.79 Å². The maximum atomic E-state index is 11.0. The molecule has 1 atom stereocenters. The Kier molecular flexibility index (Phi) is 2.93. The molecule has 0 radical (unpaired) electrons. The highest BCUT2D eigenvalue weighted by molar-refractivity contribution is 5.75. The summed E-state index contributed by atoms with van der Waals surface area (Å²) in [6.45, 7) is 1.80. The standard InChI is InChI=1S/C12H13N3O2/c1-8-7-14-15(9-5-3-2-4-6-9)11(8)10(13)12(16)17/h2-7,10H,13H2,1H3,(H,16,17). The average Bonchev–Trinajstić information content (AvgIpc) is 2.71. The molecule has 1 aromatic heterocycles. The van der Waals surface area contributed by atoms with E-state index in [0.717, 1.165) is 11.3 Å². The molecule has 0 fully saturated rings. The van der Waals surface area contributed by atoms with E-state index < -0.39 is 12.0 Å². The molecule has 2 aromatic rings. The zero-order valence-corrected chi connectivity index (χ0v) is 9.37. The van der Waals surface area contributed by atoms with Crippen LogP contribution in [-0.4, -0.2) is 20.9 Å². The van der Waals surface area contributed by atoms with Gasteiger partial charge in [0.2, 0.25) is 0 Å². The van der Waals surface area contributed by atoms with Crippen molar-refractivity contribution < 1.29 is 9.90 Å². The van der Waals surface area contributed by atoms with E-state index in [1.54, 1.807) is 17.8 Å². The maximum absolute atomic E-state index is 11.0. The van der Waals surface area contributed by atoms with Crippen LogP contribution < -0.4 is 5.73 Å². The highest BCUT2D eigenvalue weighted by atomic mass is 16.4. The zero-order valence-electron chi connectivity index (χ0n) is 9.37. The van der Waals surface area contributed by atoms with Crippen LogP contribution in [0.25, 0.3) is 5.69 Å². The largest absolute Gasteiger partial charge is 0.480 e. The van der Waals surface area contributed by atoms with Crippen molar-refractivity contribution in [1.82, 2.24) is 9.78 Å². The van der Waals surface area contributed by atoms with Crippen LogP contribution in [0, 0.1) is 6.92 Å². The number of rotatable bonds is 3. The number of benzene rings is 1. The van der Waals surface area contributed by atoms with E-state index in [9.17, 15) is 4.79 Å². The number of nitrogens with zero attached hydrogens (tertiary/aromatic N) is 2. The highest BCUT2D eigenvalue weighted by Gasteiger charge is 2.22. The second kappa shape index (κ2) is 4.39. The van der Waals surface area contributed by atoms with Crippen molar-refractivity contribution in [2.75, 3.05) is 0 Å². The van der Waals surface area contributed by atoms with Crippen LogP contribution in [0.4, 0.5) is 0 Å². The summed E-state index contributed by atoms with van der Waals surface area (Å²) in [4.78, 5) is 11.0. The van der Waals surface area contributed by atoms with Crippen molar-refractivity contribution in [3.63, 3.8) is 0 Å². The van der Waals surface area contributed by atoms with Crippen LogP contribution in [0.1, 0.15) is 17.3 Å². The Balaban J connectivity index is 2.54. The first-order chi connectivity index (χ1) is 8.11. The number of carboxylic acids is 1. The Labute approximate surface area is 98.5 Å². The smallest absolute Gasteiger partial charge is 0.326 e. The molecule has 1 aromatic carbocycles. The van der Waals surface area contributed by atoms with Gasteiger partial charge in [-0.15, -0.1) is 0 Å². The predicted octanol–water partition coefficient (Wildman–Crippen LogP) is 1.27. The summed E-state index contributed by atoms with van der Waals surface area (Å²) in [5.74, 6) is -1.06. The molecule has 0 amide bonds. The van der Waals surface area contributed by atoms with Crippen LogP contribution in [0.5, 0.6) is 0 Å². The van der Waals surface area contributed by atoms with Gasteiger partial charge in [0.05, 0.1) is 17.6 Å². The number of carboxylic acid groups (broad SMARTS) is 1. The van der Waals surface area contributed by atoms with Gasteiger partial charge in [0.1, 0.15) is 6.04 Å². The minimum atomic E-state index is -1.07. The van der Waals surface area contributed by atoms with E-state index in [1.165, 1.54) is 0 Å². The van der Waals surface area contributed by atoms with Crippen LogP contribution in [0.2, 0.25) is 0 Å². The lowest BCUT2D eigenvalue weighted by molar-refractivity contribution is -0.138. The number of para-hydroxylation sites is 1. The van der Waals surface area contributed by atoms with E-state index in [-0.39, 0.29) is 0 Å². The van der Waals surface area contributed by atoms with E-state index >= 15 is 0 Å². The average molecular weight is 231 g/mol. The van der Waals surface area contributed by atoms with Crippen molar-refractivity contribution in [3.05, 3.63) is 47.8 Å². The van der Waals surface area contributed by atoms with E-state index in [4.69, 9.17) is 10.8 Å². The van der Waals surface area contributed by atoms with Gasteiger partial charge in [-0.05, 0) is 24.6 Å². The first-order valence-electron chi connectivity index (χ1n) is 5.19. The number of aliphatic carboxylic acids is 1. The number of carbonyl (C=O) groups is 1. The number of aryl methyl sites for hydroxylation is 1. The van der Waals surface area contributed by atoms with Gasteiger partial charge in [-0.25, -0.2) is 4.68 Å². The summed E-state index contributed by atoms with van der Waals surface area (Å²) in [5, 5.41) is 13.1. The molecule has 5 nitrogen and oxygen atoms in total. The number of nitrogens with two attached hydrogens (primary N) is 1. The summed E-state index contributed by atoms with van der Waals surface area (Å²) in [6, 6.07) is 8.24. The fourth-order valence-corrected chi connectivity index (χ4v) is 1.71. The molecule has 3 N–H and O–H groups in total. The second-order valence-electron chi connectivity index (χ2n) is 3.78. The fraction of sp³-hybridized carbons (Fsp3) is 0.167. The molecule has 0 bridgehead atoms. The maximum Gasteiger partial charge on any atom is 0.326 e. The van der Waals surface area contributed by atoms with Gasteiger partial charge in [0, 0.05) is 0 Å². The molecule has 88 valence electrons. The van der Waals surface area contributed by atoms with E-state index in [1.807, 2.05) is 30.3 Å². The monoisotopic (exact) mass is 231 g/mol. The topological polar surface area (TPSA) is 81.1 Å². The molecule has 1 unspecified atom stereocenters. The summed E-state index contributed by atoms with van der Waals surface area (Å²) in [7, 11) is 0. The fourth-order valence-electron chi connectivity index (χ4n) is 1.71. The first-order valence-corrected chi connectivity index (χ1v) is 5.19. The molecule has 1 heterocycles. The van der Waals surface area contributed by atoms with Gasteiger partial charge >= 0.3 is 5.97 Å². The van der Waals surface area contributed by atoms with Gasteiger partial charge in [0.25, 0.3) is 0 Å². The second-order valence-corrected chi connectivity index (χ2v) is 3.78. The Morgan fingerprint density at radius 2 is 2.06 bits per heavy atom. The Bertz CT molecular complexity index is 534. The summed E-state index contributed by atoms with van der Waals surface area (Å²) >= 11 is 0. The number of hydrogen-bond acceptors (Lipinski definition) is 3. The Morgan fingerprint density at radius 1 is 1.41 bits per heavy atom. The molecule has 0 aliphatic rings. The third-order valence-corrected chi connectivity index (χ3v) is 2.56. The third-order valence-electron chi connectivity index (χ3n) is 2.56. The number of aromatic nitrogens is 2. The minimum Gasteiger partial charge on any atom is -0.480 e. The molecular formula is C12H13N3O2. The lowest BCUT2D eigenvalue weighted by Gasteiger charge is -2.11. The van der Waals surface area contributed by atoms with E-state index in [0.29, 0.717) is 5.69 Å². The van der Waals surface area contributed by atoms with Gasteiger partial charge in [-0.1, -0.05) is 18.2 Å². The normalized spacial score (nSPS) is 12.4. The van der Waals surface area contributed by atoms with Crippen LogP contribution in [0.3, 0.4) is 0 Å². The molecule has 0 aliphatic heterocycles. The lowest BCUT2D eigenvalue weighted by atomic mass is 10.1. The zero-order chi connectivity index (χ0) is 12.4. The molecule has 17 heavy (non-hydrogen) atoms. The molecular weight excluding hydrogens is 218 g/mol.